The number of carbonyl (C=O) groups is 1. The molecule has 1 aliphatic heterocycles. The van der Waals surface area contributed by atoms with E-state index in [2.05, 4.69) is 20.1 Å². The van der Waals surface area contributed by atoms with Crippen molar-refractivity contribution in [3.63, 3.8) is 0 Å². The highest BCUT2D eigenvalue weighted by Crippen LogP contribution is 2.25. The van der Waals surface area contributed by atoms with Crippen LogP contribution < -0.4 is 0 Å². The Morgan fingerprint density at radius 1 is 1.14 bits per heavy atom. The third-order valence-electron chi connectivity index (χ3n) is 4.76. The van der Waals surface area contributed by atoms with E-state index in [1.807, 2.05) is 6.92 Å². The van der Waals surface area contributed by atoms with E-state index in [1.165, 1.54) is 19.3 Å². The first-order valence-corrected chi connectivity index (χ1v) is 8.03. The topological polar surface area (TPSA) is 62.5 Å². The van der Waals surface area contributed by atoms with E-state index in [0.29, 0.717) is 5.91 Å². The van der Waals surface area contributed by atoms with Gasteiger partial charge in [-0.3, -0.25) is 9.69 Å². The Labute approximate surface area is 125 Å². The number of hydrogen-bond donors (Lipinski definition) is 0. The number of piperazine rings is 1. The highest BCUT2D eigenvalue weighted by molar-refractivity contribution is 5.79. The lowest BCUT2D eigenvalue weighted by molar-refractivity contribution is -0.138. The van der Waals surface area contributed by atoms with Crippen molar-refractivity contribution >= 4 is 5.91 Å². The number of rotatable bonds is 3. The molecule has 21 heavy (non-hydrogen) atoms. The summed E-state index contributed by atoms with van der Waals surface area (Å²) in [5, 5.41) is 7.74. The maximum absolute atomic E-state index is 12.5. The second-order valence-electron chi connectivity index (χ2n) is 6.23. The van der Waals surface area contributed by atoms with Crippen LogP contribution in [0.25, 0.3) is 0 Å². The molecule has 116 valence electrons. The van der Waals surface area contributed by atoms with Gasteiger partial charge in [-0.15, -0.1) is 0 Å². The van der Waals surface area contributed by atoms with Crippen LogP contribution in [0.15, 0.2) is 4.63 Å². The average molecular weight is 292 g/mol. The van der Waals surface area contributed by atoms with Crippen LogP contribution in [0.1, 0.15) is 43.5 Å². The van der Waals surface area contributed by atoms with Gasteiger partial charge in [0.2, 0.25) is 5.91 Å². The van der Waals surface area contributed by atoms with Gasteiger partial charge >= 0.3 is 0 Å². The van der Waals surface area contributed by atoms with Gasteiger partial charge in [0.05, 0.1) is 0 Å². The van der Waals surface area contributed by atoms with Gasteiger partial charge in [-0.2, -0.15) is 0 Å². The zero-order valence-electron chi connectivity index (χ0n) is 12.8. The van der Waals surface area contributed by atoms with Gasteiger partial charge in [0.25, 0.3) is 0 Å². The minimum atomic E-state index is 0.285. The fraction of sp³-hybridized carbons (Fsp3) is 0.800. The molecule has 6 heteroatoms. The molecule has 1 aromatic rings. The molecule has 2 fully saturated rings. The molecule has 1 saturated heterocycles. The quantitative estimate of drug-likeness (QED) is 0.847. The molecule has 0 N–H and O–H groups in total. The Bertz CT molecular complexity index is 474. The molecule has 1 aromatic heterocycles. The SMILES string of the molecule is Cc1nonc1CN1CCN(C(=O)C2CCCCC2)CC1. The van der Waals surface area contributed by atoms with Crippen LogP contribution in [0.3, 0.4) is 0 Å². The molecule has 0 radical (unpaired) electrons. The summed E-state index contributed by atoms with van der Waals surface area (Å²) in [6.45, 7) is 6.16. The van der Waals surface area contributed by atoms with Crippen LogP contribution in [-0.4, -0.2) is 52.2 Å². The fourth-order valence-electron chi connectivity index (χ4n) is 3.34. The maximum Gasteiger partial charge on any atom is 0.225 e. The Morgan fingerprint density at radius 2 is 1.86 bits per heavy atom. The third-order valence-corrected chi connectivity index (χ3v) is 4.76. The summed E-state index contributed by atoms with van der Waals surface area (Å²) in [7, 11) is 0. The predicted octanol–water partition coefficient (Wildman–Crippen LogP) is 1.60. The number of aryl methyl sites for hydroxylation is 1. The van der Waals surface area contributed by atoms with E-state index < -0.39 is 0 Å². The molecule has 1 aliphatic carbocycles. The van der Waals surface area contributed by atoms with Gasteiger partial charge in [-0.1, -0.05) is 29.6 Å². The molecular weight excluding hydrogens is 268 g/mol. The first kappa shape index (κ1) is 14.5. The lowest BCUT2D eigenvalue weighted by atomic mass is 9.88. The molecular formula is C15H24N4O2. The van der Waals surface area contributed by atoms with Crippen LogP contribution in [0.4, 0.5) is 0 Å². The van der Waals surface area contributed by atoms with Gasteiger partial charge in [-0.25, -0.2) is 4.63 Å². The van der Waals surface area contributed by atoms with Gasteiger partial charge in [0.1, 0.15) is 11.4 Å². The van der Waals surface area contributed by atoms with Crippen LogP contribution in [-0.2, 0) is 11.3 Å². The molecule has 3 rings (SSSR count). The largest absolute Gasteiger partial charge is 0.340 e. The molecule has 1 saturated carbocycles. The monoisotopic (exact) mass is 292 g/mol. The van der Waals surface area contributed by atoms with E-state index in [1.54, 1.807) is 0 Å². The number of amides is 1. The minimum Gasteiger partial charge on any atom is -0.340 e. The molecule has 0 bridgehead atoms. The Hall–Kier alpha value is -1.43. The molecule has 2 aliphatic rings. The van der Waals surface area contributed by atoms with Crippen molar-refractivity contribution in [2.24, 2.45) is 5.92 Å². The maximum atomic E-state index is 12.5. The molecule has 0 unspecified atom stereocenters. The minimum absolute atomic E-state index is 0.285. The van der Waals surface area contributed by atoms with Crippen molar-refractivity contribution in [1.82, 2.24) is 20.1 Å². The number of hydrogen-bond acceptors (Lipinski definition) is 5. The van der Waals surface area contributed by atoms with E-state index in [4.69, 9.17) is 4.63 Å². The fourth-order valence-corrected chi connectivity index (χ4v) is 3.34. The van der Waals surface area contributed by atoms with Crippen LogP contribution in [0, 0.1) is 12.8 Å². The van der Waals surface area contributed by atoms with Gasteiger partial charge < -0.3 is 4.90 Å². The number of carbonyl (C=O) groups excluding carboxylic acids is 1. The lowest BCUT2D eigenvalue weighted by Gasteiger charge is -2.36. The lowest BCUT2D eigenvalue weighted by Crippen LogP contribution is -2.50. The molecule has 6 nitrogen and oxygen atoms in total. The molecule has 2 heterocycles. The molecule has 0 aromatic carbocycles. The van der Waals surface area contributed by atoms with Crippen molar-refractivity contribution in [2.45, 2.75) is 45.6 Å². The first-order chi connectivity index (χ1) is 10.2. The van der Waals surface area contributed by atoms with Gasteiger partial charge in [-0.05, 0) is 19.8 Å². The summed E-state index contributed by atoms with van der Waals surface area (Å²) in [5.74, 6) is 0.668. The molecule has 0 spiro atoms. The number of nitrogens with zero attached hydrogens (tertiary/aromatic N) is 4. The Balaban J connectivity index is 1.48. The smallest absolute Gasteiger partial charge is 0.225 e. The van der Waals surface area contributed by atoms with Crippen LogP contribution >= 0.6 is 0 Å². The molecule has 0 atom stereocenters. The zero-order valence-corrected chi connectivity index (χ0v) is 12.8. The highest BCUT2D eigenvalue weighted by atomic mass is 16.6. The van der Waals surface area contributed by atoms with Crippen LogP contribution in [0.5, 0.6) is 0 Å². The van der Waals surface area contributed by atoms with Crippen LogP contribution in [0.2, 0.25) is 0 Å². The molecule has 1 amide bonds. The second kappa shape index (κ2) is 6.56. The average Bonchev–Trinajstić information content (AvgIpc) is 2.93. The summed E-state index contributed by atoms with van der Waals surface area (Å²) < 4.78 is 4.73. The van der Waals surface area contributed by atoms with Crippen molar-refractivity contribution in [1.29, 1.82) is 0 Å². The zero-order chi connectivity index (χ0) is 14.7. The standard InChI is InChI=1S/C15H24N4O2/c1-12-14(17-21-16-12)11-18-7-9-19(10-8-18)15(20)13-5-3-2-4-6-13/h13H,2-11H2,1H3. The summed E-state index contributed by atoms with van der Waals surface area (Å²) in [6, 6.07) is 0. The third kappa shape index (κ3) is 3.43. The predicted molar refractivity (Wildman–Crippen MR) is 77.5 cm³/mol. The normalized spacial score (nSPS) is 21.7. The van der Waals surface area contributed by atoms with Crippen molar-refractivity contribution < 1.29 is 9.42 Å². The first-order valence-electron chi connectivity index (χ1n) is 8.03. The van der Waals surface area contributed by atoms with Gasteiger partial charge in [0, 0.05) is 38.6 Å². The van der Waals surface area contributed by atoms with E-state index in [-0.39, 0.29) is 5.92 Å². The van der Waals surface area contributed by atoms with E-state index >= 15 is 0 Å². The van der Waals surface area contributed by atoms with Crippen molar-refractivity contribution in [3.05, 3.63) is 11.4 Å². The summed E-state index contributed by atoms with van der Waals surface area (Å²) >= 11 is 0. The second-order valence-corrected chi connectivity index (χ2v) is 6.23. The Kier molecular flexibility index (Phi) is 4.53. The summed E-state index contributed by atoms with van der Waals surface area (Å²) in [4.78, 5) is 16.9. The Morgan fingerprint density at radius 3 is 2.48 bits per heavy atom. The highest BCUT2D eigenvalue weighted by Gasteiger charge is 2.28. The van der Waals surface area contributed by atoms with E-state index in [0.717, 1.165) is 57.0 Å². The van der Waals surface area contributed by atoms with E-state index in [9.17, 15) is 4.79 Å². The number of aromatic nitrogens is 2. The van der Waals surface area contributed by atoms with Gasteiger partial charge in [0.15, 0.2) is 0 Å². The van der Waals surface area contributed by atoms with Crippen molar-refractivity contribution in [2.75, 3.05) is 26.2 Å². The van der Waals surface area contributed by atoms with Crippen molar-refractivity contribution in [3.8, 4) is 0 Å². The summed E-state index contributed by atoms with van der Waals surface area (Å²) in [5.41, 5.74) is 1.76. The summed E-state index contributed by atoms with van der Waals surface area (Å²) in [6.07, 6.45) is 5.90.